The van der Waals surface area contributed by atoms with Crippen LogP contribution >= 0.6 is 0 Å². The predicted octanol–water partition coefficient (Wildman–Crippen LogP) is 2.78. The van der Waals surface area contributed by atoms with Crippen LogP contribution in [-0.2, 0) is 10.0 Å². The molecule has 1 aliphatic carbocycles. The van der Waals surface area contributed by atoms with Crippen molar-refractivity contribution in [3.63, 3.8) is 0 Å². The average Bonchev–Trinajstić information content (AvgIpc) is 2.41. The zero-order valence-corrected chi connectivity index (χ0v) is 13.3. The summed E-state index contributed by atoms with van der Waals surface area (Å²) < 4.78 is 27.0. The van der Waals surface area contributed by atoms with E-state index in [1.165, 1.54) is 6.42 Å². The summed E-state index contributed by atoms with van der Waals surface area (Å²) in [6, 6.07) is 5.03. The maximum Gasteiger partial charge on any atom is 0.243 e. The lowest BCUT2D eigenvalue weighted by molar-refractivity contribution is 0.213. The first-order chi connectivity index (χ1) is 9.34. The van der Waals surface area contributed by atoms with Gasteiger partial charge in [0.15, 0.2) is 0 Å². The fraction of sp³-hybridized carbons (Fsp3) is 0.600. The van der Waals surface area contributed by atoms with Gasteiger partial charge < -0.3 is 5.73 Å². The quantitative estimate of drug-likeness (QED) is 0.872. The largest absolute Gasteiger partial charge is 0.399 e. The molecule has 1 saturated carbocycles. The van der Waals surface area contributed by atoms with Crippen LogP contribution in [0.15, 0.2) is 23.1 Å². The van der Waals surface area contributed by atoms with Gasteiger partial charge in [-0.05, 0) is 49.4 Å². The van der Waals surface area contributed by atoms with E-state index < -0.39 is 10.0 Å². The summed E-state index contributed by atoms with van der Waals surface area (Å²) >= 11 is 0. The Kier molecular flexibility index (Phi) is 4.39. The first-order valence-electron chi connectivity index (χ1n) is 7.18. The standard InChI is InChI=1S/C15H24N2O2S/c1-11-6-4-5-7-15(11)17(3)20(18,19)13-8-9-14(16)12(2)10-13/h8-11,15H,4-7,16H2,1-3H3. The molecule has 0 bridgehead atoms. The summed E-state index contributed by atoms with van der Waals surface area (Å²) in [6.07, 6.45) is 4.36. The topological polar surface area (TPSA) is 63.4 Å². The average molecular weight is 296 g/mol. The third kappa shape index (κ3) is 2.83. The molecule has 1 aliphatic rings. The van der Waals surface area contributed by atoms with Crippen LogP contribution in [0, 0.1) is 12.8 Å². The van der Waals surface area contributed by atoms with E-state index in [2.05, 4.69) is 6.92 Å². The van der Waals surface area contributed by atoms with E-state index in [0.29, 0.717) is 16.5 Å². The molecule has 1 fully saturated rings. The van der Waals surface area contributed by atoms with Crippen molar-refractivity contribution >= 4 is 15.7 Å². The van der Waals surface area contributed by atoms with Crippen molar-refractivity contribution in [1.82, 2.24) is 4.31 Å². The second kappa shape index (κ2) is 5.74. The van der Waals surface area contributed by atoms with E-state index in [0.717, 1.165) is 24.8 Å². The number of aryl methyl sites for hydroxylation is 1. The second-order valence-corrected chi connectivity index (χ2v) is 7.87. The highest BCUT2D eigenvalue weighted by Crippen LogP contribution is 2.31. The third-order valence-electron chi connectivity index (χ3n) is 4.45. The van der Waals surface area contributed by atoms with Crippen LogP contribution in [0.2, 0.25) is 0 Å². The van der Waals surface area contributed by atoms with Crippen LogP contribution < -0.4 is 5.73 Å². The molecule has 5 heteroatoms. The van der Waals surface area contributed by atoms with Gasteiger partial charge in [0.25, 0.3) is 0 Å². The molecular weight excluding hydrogens is 272 g/mol. The Hall–Kier alpha value is -1.07. The molecule has 1 aromatic rings. The Morgan fingerprint density at radius 1 is 1.25 bits per heavy atom. The van der Waals surface area contributed by atoms with E-state index in [9.17, 15) is 8.42 Å². The molecule has 0 amide bonds. The highest BCUT2D eigenvalue weighted by Gasteiger charge is 2.33. The summed E-state index contributed by atoms with van der Waals surface area (Å²) in [7, 11) is -1.73. The van der Waals surface area contributed by atoms with Crippen molar-refractivity contribution in [3.05, 3.63) is 23.8 Å². The monoisotopic (exact) mass is 296 g/mol. The molecule has 0 saturated heterocycles. The summed E-state index contributed by atoms with van der Waals surface area (Å²) in [6.45, 7) is 3.97. The number of hydrogen-bond acceptors (Lipinski definition) is 3. The molecule has 0 radical (unpaired) electrons. The van der Waals surface area contributed by atoms with E-state index in [1.54, 1.807) is 29.6 Å². The zero-order valence-electron chi connectivity index (χ0n) is 12.5. The van der Waals surface area contributed by atoms with Crippen molar-refractivity contribution in [2.24, 2.45) is 5.92 Å². The van der Waals surface area contributed by atoms with Crippen molar-refractivity contribution < 1.29 is 8.42 Å². The van der Waals surface area contributed by atoms with Gasteiger partial charge in [0.05, 0.1) is 4.90 Å². The van der Waals surface area contributed by atoms with Crippen LogP contribution in [0.25, 0.3) is 0 Å². The maximum atomic E-state index is 12.7. The van der Waals surface area contributed by atoms with Gasteiger partial charge in [0.1, 0.15) is 0 Å². The number of nitrogens with two attached hydrogens (primary N) is 1. The molecule has 0 aliphatic heterocycles. The highest BCUT2D eigenvalue weighted by molar-refractivity contribution is 7.89. The van der Waals surface area contributed by atoms with Crippen molar-refractivity contribution in [1.29, 1.82) is 0 Å². The second-order valence-electron chi connectivity index (χ2n) is 5.87. The summed E-state index contributed by atoms with van der Waals surface area (Å²) in [5.74, 6) is 0.415. The summed E-state index contributed by atoms with van der Waals surface area (Å²) in [5.41, 5.74) is 7.19. The molecule has 4 nitrogen and oxygen atoms in total. The smallest absolute Gasteiger partial charge is 0.243 e. The number of anilines is 1. The molecule has 2 unspecified atom stereocenters. The number of rotatable bonds is 3. The summed E-state index contributed by atoms with van der Waals surface area (Å²) in [5, 5.41) is 0. The molecular formula is C15H24N2O2S. The highest BCUT2D eigenvalue weighted by atomic mass is 32.2. The minimum absolute atomic E-state index is 0.103. The lowest BCUT2D eigenvalue weighted by atomic mass is 9.86. The number of sulfonamides is 1. The van der Waals surface area contributed by atoms with Crippen molar-refractivity contribution in [2.75, 3.05) is 12.8 Å². The fourth-order valence-corrected chi connectivity index (χ4v) is 4.56. The number of hydrogen-bond donors (Lipinski definition) is 1. The predicted molar refractivity (Wildman–Crippen MR) is 82.0 cm³/mol. The molecule has 0 heterocycles. The van der Waals surface area contributed by atoms with Gasteiger partial charge in [0, 0.05) is 18.8 Å². The minimum Gasteiger partial charge on any atom is -0.399 e. The normalized spacial score (nSPS) is 24.0. The Morgan fingerprint density at radius 2 is 1.90 bits per heavy atom. The van der Waals surface area contributed by atoms with Crippen LogP contribution in [-0.4, -0.2) is 25.8 Å². The van der Waals surface area contributed by atoms with E-state index in [1.807, 2.05) is 6.92 Å². The van der Waals surface area contributed by atoms with E-state index in [4.69, 9.17) is 5.73 Å². The Balaban J connectivity index is 2.31. The van der Waals surface area contributed by atoms with Gasteiger partial charge in [-0.3, -0.25) is 0 Å². The van der Waals surface area contributed by atoms with Gasteiger partial charge in [0.2, 0.25) is 10.0 Å². The van der Waals surface area contributed by atoms with Gasteiger partial charge in [-0.15, -0.1) is 0 Å². The zero-order chi connectivity index (χ0) is 14.9. The fourth-order valence-electron chi connectivity index (χ4n) is 2.99. The number of benzene rings is 1. The van der Waals surface area contributed by atoms with Gasteiger partial charge in [-0.2, -0.15) is 4.31 Å². The number of nitrogen functional groups attached to an aromatic ring is 1. The lowest BCUT2D eigenvalue weighted by Gasteiger charge is -2.35. The molecule has 2 rings (SSSR count). The molecule has 2 atom stereocenters. The van der Waals surface area contributed by atoms with E-state index in [-0.39, 0.29) is 6.04 Å². The lowest BCUT2D eigenvalue weighted by Crippen LogP contribution is -2.42. The minimum atomic E-state index is -3.43. The van der Waals surface area contributed by atoms with Crippen molar-refractivity contribution in [2.45, 2.75) is 50.5 Å². The Labute approximate surface area is 122 Å². The Morgan fingerprint density at radius 3 is 2.50 bits per heavy atom. The molecule has 1 aromatic carbocycles. The van der Waals surface area contributed by atoms with Crippen LogP contribution in [0.1, 0.15) is 38.2 Å². The first-order valence-corrected chi connectivity index (χ1v) is 8.62. The Bertz CT molecular complexity index is 584. The SMILES string of the molecule is Cc1cc(S(=O)(=O)N(C)C2CCCCC2C)ccc1N. The first kappa shape index (κ1) is 15.3. The molecule has 20 heavy (non-hydrogen) atoms. The van der Waals surface area contributed by atoms with Crippen LogP contribution in [0.5, 0.6) is 0 Å². The van der Waals surface area contributed by atoms with Gasteiger partial charge in [-0.25, -0.2) is 8.42 Å². The molecule has 0 spiro atoms. The van der Waals surface area contributed by atoms with Crippen LogP contribution in [0.3, 0.4) is 0 Å². The van der Waals surface area contributed by atoms with E-state index >= 15 is 0 Å². The maximum absolute atomic E-state index is 12.7. The van der Waals surface area contributed by atoms with Crippen molar-refractivity contribution in [3.8, 4) is 0 Å². The molecule has 112 valence electrons. The number of nitrogens with zero attached hydrogens (tertiary/aromatic N) is 1. The van der Waals surface area contributed by atoms with Gasteiger partial charge in [-0.1, -0.05) is 19.8 Å². The summed E-state index contributed by atoms with van der Waals surface area (Å²) in [4.78, 5) is 0.337. The van der Waals surface area contributed by atoms with Crippen LogP contribution in [0.4, 0.5) is 5.69 Å². The van der Waals surface area contributed by atoms with Gasteiger partial charge >= 0.3 is 0 Å². The molecule has 0 aromatic heterocycles. The molecule has 2 N–H and O–H groups in total. The third-order valence-corrected chi connectivity index (χ3v) is 6.33.